The molecule has 24 heavy (non-hydrogen) atoms. The van der Waals surface area contributed by atoms with Crippen LogP contribution in [0.25, 0.3) is 10.8 Å². The summed E-state index contributed by atoms with van der Waals surface area (Å²) in [6, 6.07) is 16.6. The number of rotatable bonds is 2. The number of hydrogen-bond donors (Lipinski definition) is 0. The molecule has 0 N–H and O–H groups in total. The number of hydrogen-bond acceptors (Lipinski definition) is 2. The molecule has 3 aromatic rings. The van der Waals surface area contributed by atoms with Gasteiger partial charge in [0, 0.05) is 23.5 Å². The fourth-order valence-corrected chi connectivity index (χ4v) is 2.99. The summed E-state index contributed by atoms with van der Waals surface area (Å²) in [5.74, 6) is 0.306. The highest BCUT2D eigenvalue weighted by Gasteiger charge is 2.18. The van der Waals surface area contributed by atoms with Crippen molar-refractivity contribution in [2.24, 2.45) is 0 Å². The van der Waals surface area contributed by atoms with Gasteiger partial charge in [-0.1, -0.05) is 65.2 Å². The number of carbonyl (C=O) groups is 1. The van der Waals surface area contributed by atoms with Gasteiger partial charge in [-0.3, -0.25) is 4.90 Å². The number of fused-ring (bicyclic) bond motifs is 1. The predicted molar refractivity (Wildman–Crippen MR) is 99.6 cm³/mol. The van der Waals surface area contributed by atoms with E-state index in [2.05, 4.69) is 0 Å². The molecular formula is C19H15Cl2NO2. The van der Waals surface area contributed by atoms with E-state index >= 15 is 0 Å². The fraction of sp³-hybridized carbons (Fsp3) is 0.105. The summed E-state index contributed by atoms with van der Waals surface area (Å²) in [6.45, 7) is 1.99. The normalized spacial score (nSPS) is 10.7. The van der Waals surface area contributed by atoms with Gasteiger partial charge in [-0.2, -0.15) is 0 Å². The number of halogens is 2. The van der Waals surface area contributed by atoms with Crippen molar-refractivity contribution in [3.63, 3.8) is 0 Å². The van der Waals surface area contributed by atoms with Gasteiger partial charge in [-0.25, -0.2) is 4.79 Å². The van der Waals surface area contributed by atoms with Crippen LogP contribution >= 0.6 is 23.2 Å². The summed E-state index contributed by atoms with van der Waals surface area (Å²) in [6.07, 6.45) is -0.520. The second-order valence-corrected chi connectivity index (χ2v) is 6.29. The number of nitrogens with zero attached hydrogens (tertiary/aromatic N) is 1. The van der Waals surface area contributed by atoms with Crippen LogP contribution in [0.3, 0.4) is 0 Å². The third kappa shape index (κ3) is 3.18. The molecular weight excluding hydrogens is 345 g/mol. The Hall–Kier alpha value is -2.23. The van der Waals surface area contributed by atoms with Gasteiger partial charge in [0.25, 0.3) is 0 Å². The van der Waals surface area contributed by atoms with Crippen LogP contribution in [0.1, 0.15) is 5.56 Å². The highest BCUT2D eigenvalue weighted by atomic mass is 35.5. The summed E-state index contributed by atoms with van der Waals surface area (Å²) < 4.78 is 5.56. The van der Waals surface area contributed by atoms with Crippen molar-refractivity contribution in [3.8, 4) is 5.75 Å². The SMILES string of the molecule is Cc1ccc(N(C)C(=O)Oc2c(Cl)cc(Cl)c3ccccc23)cc1. The number of carbonyl (C=O) groups excluding carboxylic acids is 1. The van der Waals surface area contributed by atoms with Crippen LogP contribution in [0.4, 0.5) is 10.5 Å². The van der Waals surface area contributed by atoms with E-state index < -0.39 is 6.09 Å². The minimum atomic E-state index is -0.520. The van der Waals surface area contributed by atoms with E-state index in [1.165, 1.54) is 4.90 Å². The molecule has 0 heterocycles. The molecule has 0 saturated carbocycles. The van der Waals surface area contributed by atoms with Gasteiger partial charge < -0.3 is 4.74 Å². The lowest BCUT2D eigenvalue weighted by Gasteiger charge is -2.18. The molecule has 0 bridgehead atoms. The minimum Gasteiger partial charge on any atom is -0.408 e. The number of ether oxygens (including phenoxy) is 1. The van der Waals surface area contributed by atoms with Crippen LogP contribution in [0, 0.1) is 6.92 Å². The summed E-state index contributed by atoms with van der Waals surface area (Å²) in [4.78, 5) is 13.9. The Labute approximate surface area is 150 Å². The molecule has 0 fully saturated rings. The third-order valence-corrected chi connectivity index (χ3v) is 4.38. The first-order chi connectivity index (χ1) is 11.5. The fourth-order valence-electron chi connectivity index (χ4n) is 2.41. The van der Waals surface area contributed by atoms with Crippen molar-refractivity contribution < 1.29 is 9.53 Å². The third-order valence-electron chi connectivity index (χ3n) is 3.78. The first-order valence-electron chi connectivity index (χ1n) is 7.36. The molecule has 0 aliphatic carbocycles. The van der Waals surface area contributed by atoms with Gasteiger partial charge in [0.1, 0.15) is 0 Å². The Morgan fingerprint density at radius 3 is 2.25 bits per heavy atom. The summed E-state index contributed by atoms with van der Waals surface area (Å²) >= 11 is 12.5. The van der Waals surface area contributed by atoms with E-state index in [0.29, 0.717) is 21.2 Å². The Balaban J connectivity index is 1.95. The van der Waals surface area contributed by atoms with Crippen LogP contribution < -0.4 is 9.64 Å². The Kier molecular flexibility index (Phi) is 4.65. The number of amides is 1. The molecule has 0 spiro atoms. The van der Waals surface area contributed by atoms with Gasteiger partial charge in [0.05, 0.1) is 10.0 Å². The first-order valence-corrected chi connectivity index (χ1v) is 8.12. The second-order valence-electron chi connectivity index (χ2n) is 5.48. The highest BCUT2D eigenvalue weighted by Crippen LogP contribution is 2.38. The lowest BCUT2D eigenvalue weighted by molar-refractivity contribution is 0.209. The summed E-state index contributed by atoms with van der Waals surface area (Å²) in [5, 5.41) is 2.29. The second kappa shape index (κ2) is 6.71. The Morgan fingerprint density at radius 2 is 1.58 bits per heavy atom. The molecule has 0 atom stereocenters. The van der Waals surface area contributed by atoms with Gasteiger partial charge in [-0.05, 0) is 25.1 Å². The maximum atomic E-state index is 12.5. The number of benzene rings is 3. The van der Waals surface area contributed by atoms with E-state index in [1.807, 2.05) is 55.5 Å². The van der Waals surface area contributed by atoms with Crippen molar-refractivity contribution in [1.82, 2.24) is 0 Å². The molecule has 3 nitrogen and oxygen atoms in total. The van der Waals surface area contributed by atoms with E-state index in [4.69, 9.17) is 27.9 Å². The predicted octanol–water partition coefficient (Wildman–Crippen LogP) is 6.09. The Bertz CT molecular complexity index is 907. The molecule has 0 aliphatic heterocycles. The van der Waals surface area contributed by atoms with Gasteiger partial charge in [0.15, 0.2) is 5.75 Å². The van der Waals surface area contributed by atoms with Gasteiger partial charge in [0.2, 0.25) is 0 Å². The topological polar surface area (TPSA) is 29.5 Å². The van der Waals surface area contributed by atoms with Crippen molar-refractivity contribution in [1.29, 1.82) is 0 Å². The molecule has 0 radical (unpaired) electrons. The van der Waals surface area contributed by atoms with Crippen LogP contribution in [-0.4, -0.2) is 13.1 Å². The van der Waals surface area contributed by atoms with Gasteiger partial charge in [-0.15, -0.1) is 0 Å². The van der Waals surface area contributed by atoms with E-state index in [1.54, 1.807) is 13.1 Å². The van der Waals surface area contributed by atoms with Crippen LogP contribution in [0.5, 0.6) is 5.75 Å². The zero-order valence-corrected chi connectivity index (χ0v) is 14.7. The average Bonchev–Trinajstić information content (AvgIpc) is 2.58. The number of aryl methyl sites for hydroxylation is 1. The lowest BCUT2D eigenvalue weighted by atomic mass is 10.1. The van der Waals surface area contributed by atoms with Crippen molar-refractivity contribution in [2.75, 3.05) is 11.9 Å². The largest absolute Gasteiger partial charge is 0.419 e. The molecule has 0 saturated heterocycles. The Morgan fingerprint density at radius 1 is 0.958 bits per heavy atom. The zero-order chi connectivity index (χ0) is 17.3. The summed E-state index contributed by atoms with van der Waals surface area (Å²) in [5.41, 5.74) is 1.85. The average molecular weight is 360 g/mol. The molecule has 1 amide bonds. The molecule has 5 heteroatoms. The first kappa shape index (κ1) is 16.6. The maximum Gasteiger partial charge on any atom is 0.419 e. The van der Waals surface area contributed by atoms with E-state index in [9.17, 15) is 4.79 Å². The van der Waals surface area contributed by atoms with Crippen LogP contribution in [-0.2, 0) is 0 Å². The zero-order valence-electron chi connectivity index (χ0n) is 13.2. The van der Waals surface area contributed by atoms with E-state index in [0.717, 1.165) is 16.6 Å². The summed E-state index contributed by atoms with van der Waals surface area (Å²) in [7, 11) is 1.65. The van der Waals surface area contributed by atoms with Crippen molar-refractivity contribution in [3.05, 3.63) is 70.2 Å². The maximum absolute atomic E-state index is 12.5. The molecule has 3 aromatic carbocycles. The molecule has 0 unspecified atom stereocenters. The monoisotopic (exact) mass is 359 g/mol. The van der Waals surface area contributed by atoms with Gasteiger partial charge >= 0.3 is 6.09 Å². The smallest absolute Gasteiger partial charge is 0.408 e. The molecule has 0 aromatic heterocycles. The minimum absolute atomic E-state index is 0.296. The van der Waals surface area contributed by atoms with E-state index in [-0.39, 0.29) is 0 Å². The highest BCUT2D eigenvalue weighted by molar-refractivity contribution is 6.40. The van der Waals surface area contributed by atoms with Crippen LogP contribution in [0.15, 0.2) is 54.6 Å². The van der Waals surface area contributed by atoms with Crippen molar-refractivity contribution in [2.45, 2.75) is 6.92 Å². The van der Waals surface area contributed by atoms with Crippen LogP contribution in [0.2, 0.25) is 10.0 Å². The lowest BCUT2D eigenvalue weighted by Crippen LogP contribution is -2.29. The molecule has 3 rings (SSSR count). The van der Waals surface area contributed by atoms with Crippen molar-refractivity contribution >= 4 is 45.8 Å². The standard InChI is InChI=1S/C19H15Cl2NO2/c1-12-7-9-13(10-8-12)22(2)19(23)24-18-15-6-4-3-5-14(15)16(20)11-17(18)21/h3-11H,1-2H3. The molecule has 0 aliphatic rings. The quantitative estimate of drug-likeness (QED) is 0.553. The molecule has 122 valence electrons. The number of anilines is 1.